The number of hydrogen-bond donors (Lipinski definition) is 1. The van der Waals surface area contributed by atoms with Crippen molar-refractivity contribution in [3.63, 3.8) is 0 Å². The van der Waals surface area contributed by atoms with Crippen molar-refractivity contribution in [2.45, 2.75) is 40.5 Å². The van der Waals surface area contributed by atoms with E-state index in [2.05, 4.69) is 22.3 Å². The summed E-state index contributed by atoms with van der Waals surface area (Å²) in [4.78, 5) is 30.3. The van der Waals surface area contributed by atoms with Gasteiger partial charge in [-0.05, 0) is 73.6 Å². The molecule has 0 bridgehead atoms. The minimum atomic E-state index is -0.254. The third-order valence-electron chi connectivity index (χ3n) is 6.12. The largest absolute Gasteiger partial charge is 0.372 e. The molecule has 1 saturated heterocycles. The number of benzene rings is 2. The first-order chi connectivity index (χ1) is 14.8. The van der Waals surface area contributed by atoms with Gasteiger partial charge in [0.15, 0.2) is 0 Å². The fourth-order valence-electron chi connectivity index (χ4n) is 4.26. The molecule has 5 heteroatoms. The average molecular weight is 418 g/mol. The summed E-state index contributed by atoms with van der Waals surface area (Å²) in [7, 11) is 0. The lowest BCUT2D eigenvalue weighted by Gasteiger charge is -2.18. The van der Waals surface area contributed by atoms with Crippen molar-refractivity contribution >= 4 is 28.8 Å². The third-order valence-corrected chi connectivity index (χ3v) is 6.12. The van der Waals surface area contributed by atoms with Crippen LogP contribution in [0.2, 0.25) is 0 Å². The average Bonchev–Trinajstić information content (AvgIpc) is 3.35. The molecule has 2 aromatic rings. The molecule has 31 heavy (non-hydrogen) atoms. The van der Waals surface area contributed by atoms with E-state index in [0.717, 1.165) is 35.5 Å². The van der Waals surface area contributed by atoms with Gasteiger partial charge in [0.2, 0.25) is 0 Å². The normalized spacial score (nSPS) is 16.8. The van der Waals surface area contributed by atoms with Crippen LogP contribution in [0.15, 0.2) is 48.2 Å². The molecule has 5 nitrogen and oxygen atoms in total. The Balaban J connectivity index is 1.69. The van der Waals surface area contributed by atoms with Crippen LogP contribution in [-0.4, -0.2) is 36.3 Å². The summed E-state index contributed by atoms with van der Waals surface area (Å²) in [5, 5.41) is 3.27. The highest BCUT2D eigenvalue weighted by Crippen LogP contribution is 2.32. The van der Waals surface area contributed by atoms with Crippen LogP contribution in [0.1, 0.15) is 43.4 Å². The maximum atomic E-state index is 13.3. The molecule has 2 aliphatic heterocycles. The summed E-state index contributed by atoms with van der Waals surface area (Å²) in [5.41, 5.74) is 5.87. The Hall–Kier alpha value is -3.08. The van der Waals surface area contributed by atoms with E-state index in [1.165, 1.54) is 23.4 Å². The maximum absolute atomic E-state index is 13.3. The highest BCUT2D eigenvalue weighted by atomic mass is 16.2. The molecule has 162 valence electrons. The lowest BCUT2D eigenvalue weighted by molar-refractivity contribution is -0.137. The SMILES string of the molecule is Cc1ccc(C2=C(Nc3ccc(N4CCCC4)cc3)C(=O)N(CC(C)C)C2=O)cc1C. The van der Waals surface area contributed by atoms with Crippen LogP contribution in [0.5, 0.6) is 0 Å². The monoisotopic (exact) mass is 417 g/mol. The van der Waals surface area contributed by atoms with E-state index < -0.39 is 0 Å². The third kappa shape index (κ3) is 4.22. The van der Waals surface area contributed by atoms with E-state index in [0.29, 0.717) is 17.8 Å². The fourth-order valence-corrected chi connectivity index (χ4v) is 4.26. The van der Waals surface area contributed by atoms with Crippen molar-refractivity contribution < 1.29 is 9.59 Å². The molecule has 0 aliphatic carbocycles. The van der Waals surface area contributed by atoms with Gasteiger partial charge >= 0.3 is 0 Å². The minimum Gasteiger partial charge on any atom is -0.372 e. The van der Waals surface area contributed by atoms with Gasteiger partial charge in [-0.25, -0.2) is 0 Å². The zero-order valence-electron chi connectivity index (χ0n) is 18.9. The molecule has 0 unspecified atom stereocenters. The number of hydrogen-bond acceptors (Lipinski definition) is 4. The zero-order valence-corrected chi connectivity index (χ0v) is 18.9. The molecule has 0 atom stereocenters. The number of aryl methyl sites for hydroxylation is 2. The molecular formula is C26H31N3O2. The van der Waals surface area contributed by atoms with Crippen LogP contribution < -0.4 is 10.2 Å². The van der Waals surface area contributed by atoms with Crippen LogP contribution in [-0.2, 0) is 9.59 Å². The summed E-state index contributed by atoms with van der Waals surface area (Å²) >= 11 is 0. The Morgan fingerprint density at radius 2 is 1.58 bits per heavy atom. The summed E-state index contributed by atoms with van der Waals surface area (Å²) in [6, 6.07) is 14.1. The van der Waals surface area contributed by atoms with E-state index in [9.17, 15) is 9.59 Å². The quantitative estimate of drug-likeness (QED) is 0.689. The fraction of sp³-hybridized carbons (Fsp3) is 0.385. The van der Waals surface area contributed by atoms with E-state index in [1.807, 2.05) is 58.0 Å². The van der Waals surface area contributed by atoms with Crippen molar-refractivity contribution in [1.29, 1.82) is 0 Å². The van der Waals surface area contributed by atoms with Crippen LogP contribution in [0.4, 0.5) is 11.4 Å². The van der Waals surface area contributed by atoms with E-state index in [-0.39, 0.29) is 17.7 Å². The van der Waals surface area contributed by atoms with Crippen molar-refractivity contribution in [1.82, 2.24) is 4.90 Å². The van der Waals surface area contributed by atoms with Gasteiger partial charge in [0.05, 0.1) is 5.57 Å². The number of carbonyl (C=O) groups is 2. The topological polar surface area (TPSA) is 52.7 Å². The zero-order chi connectivity index (χ0) is 22.1. The Kier molecular flexibility index (Phi) is 5.86. The summed E-state index contributed by atoms with van der Waals surface area (Å²) in [6.07, 6.45) is 2.46. The molecule has 0 aromatic heterocycles. The Bertz CT molecular complexity index is 1030. The molecule has 2 aliphatic rings. The maximum Gasteiger partial charge on any atom is 0.278 e. The number of anilines is 2. The molecule has 4 rings (SSSR count). The molecule has 2 aromatic carbocycles. The van der Waals surface area contributed by atoms with Crippen LogP contribution >= 0.6 is 0 Å². The van der Waals surface area contributed by atoms with E-state index in [4.69, 9.17) is 0 Å². The van der Waals surface area contributed by atoms with Crippen LogP contribution in [0.3, 0.4) is 0 Å². The highest BCUT2D eigenvalue weighted by molar-refractivity contribution is 6.36. The second-order valence-electron chi connectivity index (χ2n) is 9.03. The molecule has 2 amide bonds. The standard InChI is InChI=1S/C26H31N3O2/c1-17(2)16-29-25(30)23(20-8-7-18(3)19(4)15-20)24(26(29)31)27-21-9-11-22(12-10-21)28-13-5-6-14-28/h7-12,15,17,27H,5-6,13-14,16H2,1-4H3. The number of imide groups is 1. The number of nitrogens with one attached hydrogen (secondary N) is 1. The molecule has 2 heterocycles. The van der Waals surface area contributed by atoms with E-state index in [1.54, 1.807) is 0 Å². The van der Waals surface area contributed by atoms with Crippen LogP contribution in [0, 0.1) is 19.8 Å². The van der Waals surface area contributed by atoms with E-state index >= 15 is 0 Å². The van der Waals surface area contributed by atoms with Gasteiger partial charge in [-0.2, -0.15) is 0 Å². The van der Waals surface area contributed by atoms with Gasteiger partial charge in [0.1, 0.15) is 5.70 Å². The van der Waals surface area contributed by atoms with Crippen molar-refractivity contribution in [3.8, 4) is 0 Å². The van der Waals surface area contributed by atoms with Gasteiger partial charge in [-0.15, -0.1) is 0 Å². The van der Waals surface area contributed by atoms with Gasteiger partial charge in [0.25, 0.3) is 11.8 Å². The Labute approximate surface area is 184 Å². The van der Waals surface area contributed by atoms with Crippen molar-refractivity contribution in [2.75, 3.05) is 29.9 Å². The van der Waals surface area contributed by atoms with Gasteiger partial charge < -0.3 is 10.2 Å². The van der Waals surface area contributed by atoms with Gasteiger partial charge in [0, 0.05) is 31.0 Å². The summed E-state index contributed by atoms with van der Waals surface area (Å²) in [6.45, 7) is 10.7. The number of carbonyl (C=O) groups excluding carboxylic acids is 2. The lowest BCUT2D eigenvalue weighted by atomic mass is 9.99. The first-order valence-corrected chi connectivity index (χ1v) is 11.2. The molecule has 0 radical (unpaired) electrons. The molecule has 1 N–H and O–H groups in total. The Morgan fingerprint density at radius 1 is 0.903 bits per heavy atom. The van der Waals surface area contributed by atoms with Gasteiger partial charge in [-0.3, -0.25) is 14.5 Å². The first-order valence-electron chi connectivity index (χ1n) is 11.2. The number of amides is 2. The lowest BCUT2D eigenvalue weighted by Crippen LogP contribution is -2.35. The van der Waals surface area contributed by atoms with Crippen LogP contribution in [0.25, 0.3) is 5.57 Å². The second kappa shape index (κ2) is 8.58. The summed E-state index contributed by atoms with van der Waals surface area (Å²) < 4.78 is 0. The number of rotatable bonds is 6. The van der Waals surface area contributed by atoms with Gasteiger partial charge in [-0.1, -0.05) is 32.0 Å². The smallest absolute Gasteiger partial charge is 0.278 e. The molecule has 0 spiro atoms. The first kappa shape index (κ1) is 21.2. The predicted octanol–water partition coefficient (Wildman–Crippen LogP) is 4.75. The summed E-state index contributed by atoms with van der Waals surface area (Å²) in [5.74, 6) is -0.276. The number of nitrogens with zero attached hydrogens (tertiary/aromatic N) is 2. The molecule has 1 fully saturated rings. The highest BCUT2D eigenvalue weighted by Gasteiger charge is 2.39. The van der Waals surface area contributed by atoms with Crippen molar-refractivity contribution in [2.24, 2.45) is 5.92 Å². The predicted molar refractivity (Wildman–Crippen MR) is 126 cm³/mol. The minimum absolute atomic E-state index is 0.202. The second-order valence-corrected chi connectivity index (χ2v) is 9.03. The van der Waals surface area contributed by atoms with Crippen molar-refractivity contribution in [3.05, 3.63) is 64.9 Å². The molecular weight excluding hydrogens is 386 g/mol. The molecule has 0 saturated carbocycles. The Morgan fingerprint density at radius 3 is 2.19 bits per heavy atom.